The van der Waals surface area contributed by atoms with Crippen LogP contribution in [0.3, 0.4) is 0 Å². The van der Waals surface area contributed by atoms with E-state index in [4.69, 9.17) is 5.21 Å². The fourth-order valence-electron chi connectivity index (χ4n) is 1.92. The first-order valence-corrected chi connectivity index (χ1v) is 9.17. The van der Waals surface area contributed by atoms with E-state index in [1.165, 1.54) is 12.1 Å². The van der Waals surface area contributed by atoms with E-state index in [9.17, 15) is 21.6 Å². The van der Waals surface area contributed by atoms with Crippen LogP contribution in [0.15, 0.2) is 34.1 Å². The van der Waals surface area contributed by atoms with E-state index >= 15 is 0 Å². The van der Waals surface area contributed by atoms with Crippen LogP contribution in [0, 0.1) is 0 Å². The van der Waals surface area contributed by atoms with Crippen LogP contribution in [0.2, 0.25) is 0 Å². The predicted molar refractivity (Wildman–Crippen MR) is 89.0 cm³/mol. The van der Waals surface area contributed by atoms with Crippen molar-refractivity contribution in [3.05, 3.63) is 35.5 Å². The van der Waals surface area contributed by atoms with E-state index in [0.717, 1.165) is 18.4 Å². The number of hydrogen-bond acceptors (Lipinski definition) is 8. The highest BCUT2D eigenvalue weighted by molar-refractivity contribution is 7.88. The van der Waals surface area contributed by atoms with Crippen LogP contribution in [-0.2, 0) is 16.2 Å². The summed E-state index contributed by atoms with van der Waals surface area (Å²) < 4.78 is 67.1. The molecule has 27 heavy (non-hydrogen) atoms. The standard InChI is InChI=1S/C13H15F3N6O4S/c1-27(24,25)18-6-5-17-11-10(21-26-22-11)12(20-23)19-9-4-2-3-8(7-9)13(14,15)16/h2-4,7,18,23H,5-6H2,1H3,(H,17,22)(H,19,20). The second kappa shape index (κ2) is 8.22. The summed E-state index contributed by atoms with van der Waals surface area (Å²) in [4.78, 5) is 0. The largest absolute Gasteiger partial charge is 0.416 e. The molecule has 0 aliphatic carbocycles. The zero-order valence-electron chi connectivity index (χ0n) is 13.8. The van der Waals surface area contributed by atoms with Crippen molar-refractivity contribution in [2.75, 3.05) is 30.0 Å². The van der Waals surface area contributed by atoms with Crippen LogP contribution >= 0.6 is 0 Å². The van der Waals surface area contributed by atoms with Gasteiger partial charge in [0.2, 0.25) is 21.7 Å². The summed E-state index contributed by atoms with van der Waals surface area (Å²) in [6, 6.07) is 4.22. The molecule has 0 atom stereocenters. The normalized spacial score (nSPS) is 12.8. The van der Waals surface area contributed by atoms with Gasteiger partial charge in [0.05, 0.1) is 11.8 Å². The molecule has 148 valence electrons. The Morgan fingerprint density at radius 2 is 2.04 bits per heavy atom. The lowest BCUT2D eigenvalue weighted by atomic mass is 10.2. The first kappa shape index (κ1) is 20.4. The first-order valence-electron chi connectivity index (χ1n) is 7.28. The molecule has 10 nitrogen and oxygen atoms in total. The van der Waals surface area contributed by atoms with Crippen molar-refractivity contribution in [3.8, 4) is 0 Å². The van der Waals surface area contributed by atoms with E-state index in [2.05, 4.69) is 35.5 Å². The Hall–Kier alpha value is -2.87. The number of sulfonamides is 1. The van der Waals surface area contributed by atoms with Crippen LogP contribution in [0.4, 0.5) is 24.7 Å². The Morgan fingerprint density at radius 3 is 2.67 bits per heavy atom. The van der Waals surface area contributed by atoms with Crippen LogP contribution in [0.5, 0.6) is 0 Å². The lowest BCUT2D eigenvalue weighted by Crippen LogP contribution is -2.28. The molecule has 0 unspecified atom stereocenters. The summed E-state index contributed by atoms with van der Waals surface area (Å²) in [7, 11) is -3.37. The minimum absolute atomic E-state index is 0.00224. The van der Waals surface area contributed by atoms with Gasteiger partial charge in [-0.05, 0) is 28.5 Å². The average molecular weight is 408 g/mol. The Balaban J connectivity index is 2.10. The first-order chi connectivity index (χ1) is 12.6. The van der Waals surface area contributed by atoms with Gasteiger partial charge in [0, 0.05) is 18.8 Å². The number of hydrogen-bond donors (Lipinski definition) is 4. The molecule has 0 fully saturated rings. The molecular weight excluding hydrogens is 393 g/mol. The fourth-order valence-corrected chi connectivity index (χ4v) is 2.39. The molecule has 0 aliphatic heterocycles. The van der Waals surface area contributed by atoms with Gasteiger partial charge in [-0.1, -0.05) is 11.2 Å². The third kappa shape index (κ3) is 6.10. The van der Waals surface area contributed by atoms with Crippen molar-refractivity contribution < 1.29 is 31.4 Å². The van der Waals surface area contributed by atoms with Crippen LogP contribution < -0.4 is 15.4 Å². The number of oxime groups is 1. The molecule has 14 heteroatoms. The van der Waals surface area contributed by atoms with Crippen molar-refractivity contribution >= 4 is 27.4 Å². The van der Waals surface area contributed by atoms with Crippen molar-refractivity contribution in [2.24, 2.45) is 5.16 Å². The minimum atomic E-state index is -4.54. The average Bonchev–Trinajstić information content (AvgIpc) is 3.03. The monoisotopic (exact) mass is 408 g/mol. The molecule has 1 aromatic heterocycles. The highest BCUT2D eigenvalue weighted by atomic mass is 32.2. The summed E-state index contributed by atoms with van der Waals surface area (Å²) in [5, 5.41) is 24.4. The van der Waals surface area contributed by atoms with Gasteiger partial charge in [-0.3, -0.25) is 0 Å². The van der Waals surface area contributed by atoms with Gasteiger partial charge in [-0.25, -0.2) is 17.8 Å². The molecule has 0 aliphatic rings. The summed E-state index contributed by atoms with van der Waals surface area (Å²) >= 11 is 0. The number of benzene rings is 1. The van der Waals surface area contributed by atoms with E-state index in [-0.39, 0.29) is 36.1 Å². The van der Waals surface area contributed by atoms with E-state index < -0.39 is 21.8 Å². The highest BCUT2D eigenvalue weighted by Crippen LogP contribution is 2.30. The maximum absolute atomic E-state index is 12.8. The summed E-state index contributed by atoms with van der Waals surface area (Å²) in [6.07, 6.45) is -3.55. The summed E-state index contributed by atoms with van der Waals surface area (Å²) in [6.45, 7) is 0.119. The summed E-state index contributed by atoms with van der Waals surface area (Å²) in [5.41, 5.74) is -1.02. The zero-order valence-corrected chi connectivity index (χ0v) is 14.6. The molecule has 0 radical (unpaired) electrons. The molecule has 0 bridgehead atoms. The number of aromatic nitrogens is 2. The van der Waals surface area contributed by atoms with Gasteiger partial charge in [0.25, 0.3) is 0 Å². The van der Waals surface area contributed by atoms with Gasteiger partial charge >= 0.3 is 6.18 Å². The number of rotatable bonds is 7. The Labute approximate surface area is 151 Å². The van der Waals surface area contributed by atoms with Gasteiger partial charge in [-0.2, -0.15) is 13.2 Å². The van der Waals surface area contributed by atoms with Gasteiger partial charge in [-0.15, -0.1) is 0 Å². The fraction of sp³-hybridized carbons (Fsp3) is 0.308. The molecule has 1 heterocycles. The van der Waals surface area contributed by atoms with Gasteiger partial charge in [0.1, 0.15) is 0 Å². The number of halogens is 3. The van der Waals surface area contributed by atoms with Crippen molar-refractivity contribution in [3.63, 3.8) is 0 Å². The van der Waals surface area contributed by atoms with Crippen molar-refractivity contribution in [2.45, 2.75) is 6.18 Å². The predicted octanol–water partition coefficient (Wildman–Crippen LogP) is 1.30. The van der Waals surface area contributed by atoms with E-state index in [0.29, 0.717) is 0 Å². The molecule has 0 saturated heterocycles. The van der Waals surface area contributed by atoms with E-state index in [1.807, 2.05) is 0 Å². The quantitative estimate of drug-likeness (QED) is 0.177. The smallest absolute Gasteiger partial charge is 0.409 e. The Kier molecular flexibility index (Phi) is 6.22. The lowest BCUT2D eigenvalue weighted by molar-refractivity contribution is -0.137. The molecule has 2 aromatic rings. The lowest BCUT2D eigenvalue weighted by Gasteiger charge is -2.11. The topological polar surface area (TPSA) is 142 Å². The molecule has 0 saturated carbocycles. The number of alkyl halides is 3. The van der Waals surface area contributed by atoms with Crippen LogP contribution in [-0.4, -0.2) is 49.1 Å². The van der Waals surface area contributed by atoms with Crippen LogP contribution in [0.1, 0.15) is 11.3 Å². The molecule has 0 amide bonds. The maximum atomic E-state index is 12.8. The highest BCUT2D eigenvalue weighted by Gasteiger charge is 2.30. The third-order valence-electron chi connectivity index (χ3n) is 3.05. The zero-order chi connectivity index (χ0) is 20.1. The molecular formula is C13H15F3N6O4S. The number of nitrogens with zero attached hydrogens (tertiary/aromatic N) is 3. The minimum Gasteiger partial charge on any atom is -0.409 e. The number of anilines is 2. The SMILES string of the molecule is CS(=O)(=O)NCCNc1nonc1/C(=N/O)Nc1cccc(C(F)(F)F)c1. The summed E-state index contributed by atoms with van der Waals surface area (Å²) in [5.74, 6) is -0.327. The van der Waals surface area contributed by atoms with Crippen LogP contribution in [0.25, 0.3) is 0 Å². The molecule has 1 aromatic carbocycles. The van der Waals surface area contributed by atoms with Crippen molar-refractivity contribution in [1.29, 1.82) is 0 Å². The number of nitrogens with one attached hydrogen (secondary N) is 3. The van der Waals surface area contributed by atoms with Crippen molar-refractivity contribution in [1.82, 2.24) is 15.0 Å². The Bertz CT molecular complexity index is 913. The second-order valence-corrected chi connectivity index (χ2v) is 7.04. The van der Waals surface area contributed by atoms with Gasteiger partial charge in [0.15, 0.2) is 5.69 Å². The van der Waals surface area contributed by atoms with Gasteiger partial charge < -0.3 is 15.8 Å². The molecule has 0 spiro atoms. The molecule has 2 rings (SSSR count). The second-order valence-electron chi connectivity index (χ2n) is 5.21. The number of amidine groups is 1. The maximum Gasteiger partial charge on any atom is 0.416 e. The third-order valence-corrected chi connectivity index (χ3v) is 3.78. The Morgan fingerprint density at radius 1 is 1.30 bits per heavy atom. The molecule has 4 N–H and O–H groups in total. The van der Waals surface area contributed by atoms with E-state index in [1.54, 1.807) is 0 Å².